The van der Waals surface area contributed by atoms with Gasteiger partial charge in [-0.25, -0.2) is 0 Å². The van der Waals surface area contributed by atoms with E-state index in [1.807, 2.05) is 54.6 Å². The molecule has 0 saturated heterocycles. The minimum atomic E-state index is -0.422. The molecule has 0 unspecified atom stereocenters. The van der Waals surface area contributed by atoms with Gasteiger partial charge in [-0.1, -0.05) is 42.5 Å². The highest BCUT2D eigenvalue weighted by molar-refractivity contribution is 6.17. The van der Waals surface area contributed by atoms with E-state index < -0.39 is 11.8 Å². The molecule has 116 valence electrons. The maximum atomic E-state index is 12.1. The van der Waals surface area contributed by atoms with Crippen molar-refractivity contribution >= 4 is 17.5 Å². The van der Waals surface area contributed by atoms with E-state index in [4.69, 9.17) is 5.11 Å². The number of rotatable bonds is 5. The van der Waals surface area contributed by atoms with Gasteiger partial charge in [-0.15, -0.1) is 0 Å². The molecule has 0 spiro atoms. The Balaban J connectivity index is 1.81. The van der Waals surface area contributed by atoms with Crippen LogP contribution in [0, 0.1) is 0 Å². The molecule has 2 aromatic rings. The first kappa shape index (κ1) is 15.0. The zero-order chi connectivity index (χ0) is 16.2. The summed E-state index contributed by atoms with van der Waals surface area (Å²) in [5.41, 5.74) is 3.03. The Bertz CT molecular complexity index is 769. The van der Waals surface area contributed by atoms with E-state index in [2.05, 4.69) is 5.32 Å². The van der Waals surface area contributed by atoms with Gasteiger partial charge in [-0.3, -0.25) is 14.5 Å². The number of hydrogen-bond acceptors (Lipinski definition) is 4. The number of anilines is 1. The van der Waals surface area contributed by atoms with Gasteiger partial charge in [0, 0.05) is 11.8 Å². The summed E-state index contributed by atoms with van der Waals surface area (Å²) in [6, 6.07) is 17.5. The van der Waals surface area contributed by atoms with E-state index >= 15 is 0 Å². The minimum Gasteiger partial charge on any atom is -0.395 e. The van der Waals surface area contributed by atoms with Crippen LogP contribution >= 0.6 is 0 Å². The molecule has 0 bridgehead atoms. The maximum Gasteiger partial charge on any atom is 0.277 e. The van der Waals surface area contributed by atoms with Crippen molar-refractivity contribution in [1.29, 1.82) is 0 Å². The smallest absolute Gasteiger partial charge is 0.277 e. The van der Waals surface area contributed by atoms with Crippen molar-refractivity contribution < 1.29 is 14.7 Å². The van der Waals surface area contributed by atoms with Crippen LogP contribution in [0.2, 0.25) is 0 Å². The summed E-state index contributed by atoms with van der Waals surface area (Å²) >= 11 is 0. The molecular weight excluding hydrogens is 292 g/mol. The number of benzene rings is 2. The first-order valence-corrected chi connectivity index (χ1v) is 7.30. The summed E-state index contributed by atoms with van der Waals surface area (Å²) in [6.07, 6.45) is 1.26. The molecule has 1 aliphatic rings. The molecular formula is C18H16N2O3. The lowest BCUT2D eigenvalue weighted by molar-refractivity contribution is -0.137. The van der Waals surface area contributed by atoms with Crippen LogP contribution in [0.4, 0.5) is 5.69 Å². The quantitative estimate of drug-likeness (QED) is 0.829. The van der Waals surface area contributed by atoms with Gasteiger partial charge in [0.2, 0.25) is 0 Å². The third-order valence-corrected chi connectivity index (χ3v) is 3.58. The second-order valence-corrected chi connectivity index (χ2v) is 5.15. The Hall–Kier alpha value is -2.92. The standard InChI is InChI=1S/C18H16N2O3/c21-10-9-20-17(22)12-16(18(20)23)19-15-8-4-7-14(11-15)13-5-2-1-3-6-13/h1-8,11-12,19,21H,9-10H2. The Morgan fingerprint density at radius 3 is 2.43 bits per heavy atom. The van der Waals surface area contributed by atoms with Crippen LogP contribution in [0.3, 0.4) is 0 Å². The lowest BCUT2D eigenvalue weighted by Crippen LogP contribution is -2.34. The van der Waals surface area contributed by atoms with Gasteiger partial charge in [-0.05, 0) is 23.3 Å². The fourth-order valence-electron chi connectivity index (χ4n) is 2.47. The first-order valence-electron chi connectivity index (χ1n) is 7.30. The molecule has 2 N–H and O–H groups in total. The zero-order valence-corrected chi connectivity index (χ0v) is 12.4. The molecule has 23 heavy (non-hydrogen) atoms. The average Bonchev–Trinajstić information content (AvgIpc) is 2.84. The highest BCUT2D eigenvalue weighted by atomic mass is 16.3. The molecule has 3 rings (SSSR count). The molecule has 5 nitrogen and oxygen atoms in total. The van der Waals surface area contributed by atoms with E-state index in [-0.39, 0.29) is 18.8 Å². The van der Waals surface area contributed by atoms with Crippen molar-refractivity contribution in [1.82, 2.24) is 4.90 Å². The number of hydrogen-bond donors (Lipinski definition) is 2. The lowest BCUT2D eigenvalue weighted by Gasteiger charge is -2.13. The second-order valence-electron chi connectivity index (χ2n) is 5.15. The van der Waals surface area contributed by atoms with Gasteiger partial charge >= 0.3 is 0 Å². The van der Waals surface area contributed by atoms with Crippen molar-refractivity contribution in [3.63, 3.8) is 0 Å². The number of amides is 2. The number of carbonyl (C=O) groups is 2. The number of imide groups is 1. The van der Waals surface area contributed by atoms with Crippen LogP contribution in [0.25, 0.3) is 11.1 Å². The van der Waals surface area contributed by atoms with E-state index in [0.29, 0.717) is 0 Å². The van der Waals surface area contributed by atoms with Crippen molar-refractivity contribution in [3.05, 3.63) is 66.4 Å². The second kappa shape index (κ2) is 6.46. The van der Waals surface area contributed by atoms with Crippen molar-refractivity contribution in [2.24, 2.45) is 0 Å². The molecule has 0 atom stereocenters. The van der Waals surface area contributed by atoms with Crippen LogP contribution in [0.15, 0.2) is 66.4 Å². The molecule has 2 aromatic carbocycles. The van der Waals surface area contributed by atoms with E-state index in [1.54, 1.807) is 0 Å². The third kappa shape index (κ3) is 3.14. The fraction of sp³-hybridized carbons (Fsp3) is 0.111. The van der Waals surface area contributed by atoms with E-state index in [1.165, 1.54) is 6.08 Å². The first-order chi connectivity index (χ1) is 11.2. The van der Waals surface area contributed by atoms with Gasteiger partial charge in [0.25, 0.3) is 11.8 Å². The van der Waals surface area contributed by atoms with Crippen LogP contribution in [-0.2, 0) is 9.59 Å². The predicted octanol–water partition coefficient (Wildman–Crippen LogP) is 2.01. The number of aliphatic hydroxyl groups excluding tert-OH is 1. The fourth-order valence-corrected chi connectivity index (χ4v) is 2.47. The van der Waals surface area contributed by atoms with Gasteiger partial charge in [0.05, 0.1) is 13.2 Å². The van der Waals surface area contributed by atoms with Crippen LogP contribution in [-0.4, -0.2) is 35.0 Å². The van der Waals surface area contributed by atoms with Crippen molar-refractivity contribution in [2.45, 2.75) is 0 Å². The van der Waals surface area contributed by atoms with Crippen molar-refractivity contribution in [2.75, 3.05) is 18.5 Å². The molecule has 0 fully saturated rings. The third-order valence-electron chi connectivity index (χ3n) is 3.58. The normalized spacial score (nSPS) is 14.1. The summed E-state index contributed by atoms with van der Waals surface area (Å²) in [5.74, 6) is -0.833. The highest BCUT2D eigenvalue weighted by Crippen LogP contribution is 2.24. The SMILES string of the molecule is O=C1C=C(Nc2cccc(-c3ccccc3)c2)C(=O)N1CCO. The van der Waals surface area contributed by atoms with Crippen molar-refractivity contribution in [3.8, 4) is 11.1 Å². The molecule has 1 heterocycles. The topological polar surface area (TPSA) is 69.6 Å². The summed E-state index contributed by atoms with van der Waals surface area (Å²) in [6.45, 7) is -0.245. The van der Waals surface area contributed by atoms with Crippen LogP contribution < -0.4 is 5.32 Å². The van der Waals surface area contributed by atoms with Crippen LogP contribution in [0.1, 0.15) is 0 Å². The van der Waals surface area contributed by atoms with Gasteiger partial charge < -0.3 is 10.4 Å². The molecule has 2 amide bonds. The molecule has 0 aliphatic carbocycles. The van der Waals surface area contributed by atoms with Gasteiger partial charge in [0.1, 0.15) is 5.70 Å². The largest absolute Gasteiger partial charge is 0.395 e. The zero-order valence-electron chi connectivity index (χ0n) is 12.4. The Labute approximate surface area is 133 Å². The molecule has 1 aliphatic heterocycles. The average molecular weight is 308 g/mol. The highest BCUT2D eigenvalue weighted by Gasteiger charge is 2.30. The number of aliphatic hydroxyl groups is 1. The Morgan fingerprint density at radius 2 is 1.70 bits per heavy atom. The summed E-state index contributed by atoms with van der Waals surface area (Å²) in [5, 5.41) is 11.9. The van der Waals surface area contributed by atoms with E-state index in [9.17, 15) is 9.59 Å². The van der Waals surface area contributed by atoms with Crippen LogP contribution in [0.5, 0.6) is 0 Å². The minimum absolute atomic E-state index is 0.00337. The summed E-state index contributed by atoms with van der Waals surface area (Å²) < 4.78 is 0. The molecule has 5 heteroatoms. The number of β-amino-alcohol motifs (C(OH)–C–C–N with tert-alkyl or cyclic N) is 1. The van der Waals surface area contributed by atoms with Gasteiger partial charge in [-0.2, -0.15) is 0 Å². The number of nitrogens with zero attached hydrogens (tertiary/aromatic N) is 1. The van der Waals surface area contributed by atoms with Gasteiger partial charge in [0.15, 0.2) is 0 Å². The monoisotopic (exact) mass is 308 g/mol. The number of nitrogens with one attached hydrogen (secondary N) is 1. The molecule has 0 saturated carbocycles. The summed E-state index contributed by atoms with van der Waals surface area (Å²) in [7, 11) is 0. The van der Waals surface area contributed by atoms with E-state index in [0.717, 1.165) is 21.7 Å². The summed E-state index contributed by atoms with van der Waals surface area (Å²) in [4.78, 5) is 24.9. The molecule has 0 radical (unpaired) electrons. The predicted molar refractivity (Wildman–Crippen MR) is 87.4 cm³/mol. The maximum absolute atomic E-state index is 12.1. The Morgan fingerprint density at radius 1 is 0.957 bits per heavy atom. The Kier molecular flexibility index (Phi) is 4.21. The lowest BCUT2D eigenvalue weighted by atomic mass is 10.1. The number of carbonyl (C=O) groups excluding carboxylic acids is 2. The molecule has 0 aromatic heterocycles.